The van der Waals surface area contributed by atoms with Gasteiger partial charge in [0.2, 0.25) is 0 Å². The van der Waals surface area contributed by atoms with E-state index < -0.39 is 41.4 Å². The average molecular weight is 298 g/mol. The summed E-state index contributed by atoms with van der Waals surface area (Å²) in [4.78, 5) is 15.4. The number of anilines is 1. The fourth-order valence-corrected chi connectivity index (χ4v) is 2.95. The number of hydrogen-bond acceptors (Lipinski definition) is 8. The van der Waals surface area contributed by atoms with Crippen LogP contribution >= 0.6 is 0 Å². The minimum absolute atomic E-state index is 0.0309. The molecule has 106 valence electrons. The molecule has 3 heterocycles. The highest BCUT2D eigenvalue weighted by molar-refractivity contribution is 7.75. The first-order valence-electron chi connectivity index (χ1n) is 5.72. The van der Waals surface area contributed by atoms with Crippen molar-refractivity contribution in [3.8, 4) is 6.07 Å². The maximum Gasteiger partial charge on any atom is 0.351 e. The SMILES string of the molecule is N#CC1C2OS(=O)OCC2OC1n1ccc(N)nc1=O. The van der Waals surface area contributed by atoms with E-state index in [-0.39, 0.29) is 12.4 Å². The van der Waals surface area contributed by atoms with Crippen molar-refractivity contribution in [2.45, 2.75) is 18.4 Å². The Balaban J connectivity index is 1.96. The number of nitriles is 1. The fourth-order valence-electron chi connectivity index (χ4n) is 2.23. The lowest BCUT2D eigenvalue weighted by Crippen LogP contribution is -2.39. The average Bonchev–Trinajstić information content (AvgIpc) is 2.76. The van der Waals surface area contributed by atoms with Crippen molar-refractivity contribution in [2.75, 3.05) is 12.3 Å². The van der Waals surface area contributed by atoms with Gasteiger partial charge in [-0.3, -0.25) is 12.9 Å². The zero-order chi connectivity index (χ0) is 14.3. The van der Waals surface area contributed by atoms with Gasteiger partial charge in [-0.05, 0) is 6.07 Å². The minimum atomic E-state index is -1.91. The third-order valence-corrected chi connectivity index (χ3v) is 3.84. The standard InChI is InChI=1S/C10H10N4O5S/c11-3-5-8-6(4-17-20(16)19-8)18-9(5)14-2-1-7(12)13-10(14)15/h1-2,5-6,8-9H,4H2,(H2,12,13,15). The highest BCUT2D eigenvalue weighted by Gasteiger charge is 2.50. The predicted octanol–water partition coefficient (Wildman–Crippen LogP) is -1.14. The molecule has 2 aliphatic heterocycles. The van der Waals surface area contributed by atoms with Crippen molar-refractivity contribution >= 4 is 17.2 Å². The van der Waals surface area contributed by atoms with Crippen molar-refractivity contribution in [1.82, 2.24) is 9.55 Å². The Kier molecular flexibility index (Phi) is 3.27. The summed E-state index contributed by atoms with van der Waals surface area (Å²) in [5.41, 5.74) is 4.78. The number of nitrogens with zero attached hydrogens (tertiary/aromatic N) is 3. The maximum absolute atomic E-state index is 11.8. The van der Waals surface area contributed by atoms with Crippen LogP contribution in [0.15, 0.2) is 17.1 Å². The molecular weight excluding hydrogens is 288 g/mol. The lowest BCUT2D eigenvalue weighted by molar-refractivity contribution is -0.0512. The van der Waals surface area contributed by atoms with E-state index in [0.717, 1.165) is 4.57 Å². The lowest BCUT2D eigenvalue weighted by atomic mass is 10.0. The van der Waals surface area contributed by atoms with Crippen molar-refractivity contribution < 1.29 is 17.3 Å². The summed E-state index contributed by atoms with van der Waals surface area (Å²) in [5, 5.41) is 9.26. The van der Waals surface area contributed by atoms with Crippen LogP contribution in [-0.2, 0) is 24.5 Å². The molecule has 20 heavy (non-hydrogen) atoms. The van der Waals surface area contributed by atoms with Gasteiger partial charge in [0, 0.05) is 6.20 Å². The Morgan fingerprint density at radius 2 is 2.40 bits per heavy atom. The first kappa shape index (κ1) is 13.2. The normalized spacial score (nSPS) is 36.2. The van der Waals surface area contributed by atoms with Crippen LogP contribution in [-0.4, -0.2) is 32.6 Å². The molecule has 1 aromatic heterocycles. The molecule has 5 unspecified atom stereocenters. The van der Waals surface area contributed by atoms with Crippen molar-refractivity contribution in [2.24, 2.45) is 5.92 Å². The molecule has 10 heteroatoms. The summed E-state index contributed by atoms with van der Waals surface area (Å²) in [6.45, 7) is 0.0309. The molecule has 0 spiro atoms. The molecule has 0 saturated carbocycles. The summed E-state index contributed by atoms with van der Waals surface area (Å²) in [5.74, 6) is -0.716. The van der Waals surface area contributed by atoms with Crippen molar-refractivity contribution in [1.29, 1.82) is 5.26 Å². The number of nitrogens with two attached hydrogens (primary N) is 1. The molecule has 0 radical (unpaired) electrons. The van der Waals surface area contributed by atoms with E-state index in [4.69, 9.17) is 18.8 Å². The summed E-state index contributed by atoms with van der Waals surface area (Å²) in [6, 6.07) is 3.44. The second-order valence-electron chi connectivity index (χ2n) is 4.31. The van der Waals surface area contributed by atoms with Gasteiger partial charge in [-0.1, -0.05) is 0 Å². The maximum atomic E-state index is 11.8. The van der Waals surface area contributed by atoms with E-state index in [9.17, 15) is 14.3 Å². The summed E-state index contributed by atoms with van der Waals surface area (Å²) in [7, 11) is 0. The quantitative estimate of drug-likeness (QED) is 0.688. The third kappa shape index (κ3) is 2.10. The molecule has 0 aromatic carbocycles. The van der Waals surface area contributed by atoms with Gasteiger partial charge in [0.1, 0.15) is 23.9 Å². The highest BCUT2D eigenvalue weighted by Crippen LogP contribution is 2.38. The van der Waals surface area contributed by atoms with Crippen LogP contribution in [0, 0.1) is 17.2 Å². The smallest absolute Gasteiger partial charge is 0.351 e. The number of hydrogen-bond donors (Lipinski definition) is 1. The van der Waals surface area contributed by atoms with Gasteiger partial charge in [-0.2, -0.15) is 14.5 Å². The Labute approximate surface area is 115 Å². The molecule has 2 fully saturated rings. The van der Waals surface area contributed by atoms with Crippen LogP contribution in [0.5, 0.6) is 0 Å². The highest BCUT2D eigenvalue weighted by atomic mass is 32.2. The van der Waals surface area contributed by atoms with Crippen LogP contribution in [0.1, 0.15) is 6.23 Å². The first-order valence-corrected chi connectivity index (χ1v) is 6.72. The molecule has 3 rings (SSSR count). The van der Waals surface area contributed by atoms with Crippen LogP contribution < -0.4 is 11.4 Å². The van der Waals surface area contributed by atoms with E-state index in [1.165, 1.54) is 12.3 Å². The largest absolute Gasteiger partial charge is 0.383 e. The fraction of sp³-hybridized carbons (Fsp3) is 0.500. The van der Waals surface area contributed by atoms with Gasteiger partial charge in [0.25, 0.3) is 0 Å². The van der Waals surface area contributed by atoms with E-state index in [2.05, 4.69) is 4.98 Å². The number of fused-ring (bicyclic) bond motifs is 1. The molecule has 2 saturated heterocycles. The van der Waals surface area contributed by atoms with Gasteiger partial charge >= 0.3 is 17.1 Å². The van der Waals surface area contributed by atoms with Crippen molar-refractivity contribution in [3.63, 3.8) is 0 Å². The lowest BCUT2D eigenvalue weighted by Gasteiger charge is -2.22. The molecule has 0 amide bonds. The molecule has 5 atom stereocenters. The van der Waals surface area contributed by atoms with E-state index >= 15 is 0 Å². The summed E-state index contributed by atoms with van der Waals surface area (Å²) < 4.78 is 27.9. The number of nitrogen functional groups attached to an aromatic ring is 1. The van der Waals surface area contributed by atoms with E-state index in [0.29, 0.717) is 0 Å². The predicted molar refractivity (Wildman–Crippen MR) is 64.9 cm³/mol. The second-order valence-corrected chi connectivity index (χ2v) is 5.15. The topological polar surface area (TPSA) is 129 Å². The zero-order valence-corrected chi connectivity index (χ0v) is 10.9. The van der Waals surface area contributed by atoms with Gasteiger partial charge in [0.15, 0.2) is 6.23 Å². The monoisotopic (exact) mass is 298 g/mol. The summed E-state index contributed by atoms with van der Waals surface area (Å²) >= 11 is -1.91. The van der Waals surface area contributed by atoms with E-state index in [1.54, 1.807) is 0 Å². The summed E-state index contributed by atoms with van der Waals surface area (Å²) in [6.07, 6.45) is -0.764. The molecule has 0 aliphatic carbocycles. The van der Waals surface area contributed by atoms with Gasteiger partial charge in [-0.15, -0.1) is 0 Å². The Morgan fingerprint density at radius 1 is 1.60 bits per heavy atom. The Hall–Kier alpha value is -1.80. The molecule has 0 bridgehead atoms. The number of ether oxygens (including phenoxy) is 1. The molecule has 9 nitrogen and oxygen atoms in total. The molecule has 2 N–H and O–H groups in total. The minimum Gasteiger partial charge on any atom is -0.383 e. The third-order valence-electron chi connectivity index (χ3n) is 3.13. The Bertz CT molecular complexity index is 656. The van der Waals surface area contributed by atoms with Crippen LogP contribution in [0.4, 0.5) is 5.82 Å². The van der Waals surface area contributed by atoms with Crippen molar-refractivity contribution in [3.05, 3.63) is 22.7 Å². The Morgan fingerprint density at radius 3 is 3.10 bits per heavy atom. The first-order chi connectivity index (χ1) is 9.60. The number of rotatable bonds is 1. The molecule has 2 aliphatic rings. The second kappa shape index (κ2) is 4.95. The molecular formula is C10H10N4O5S. The number of aromatic nitrogens is 2. The molecule has 1 aromatic rings. The van der Waals surface area contributed by atoms with Gasteiger partial charge in [-0.25, -0.2) is 4.79 Å². The van der Waals surface area contributed by atoms with Crippen LogP contribution in [0.3, 0.4) is 0 Å². The van der Waals surface area contributed by atoms with Crippen LogP contribution in [0.25, 0.3) is 0 Å². The van der Waals surface area contributed by atoms with Gasteiger partial charge in [0.05, 0.1) is 12.7 Å². The zero-order valence-electron chi connectivity index (χ0n) is 10.0. The van der Waals surface area contributed by atoms with Gasteiger partial charge < -0.3 is 10.5 Å². The van der Waals surface area contributed by atoms with E-state index in [1.807, 2.05) is 6.07 Å². The van der Waals surface area contributed by atoms with Crippen LogP contribution in [0.2, 0.25) is 0 Å².